The Hall–Kier alpha value is -1.99. The molecule has 0 aliphatic rings. The topological polar surface area (TPSA) is 92.2 Å². The number of hydrogen-bond acceptors (Lipinski definition) is 5. The van der Waals surface area contributed by atoms with Gasteiger partial charge in [0.1, 0.15) is 17.0 Å². The van der Waals surface area contributed by atoms with E-state index in [9.17, 15) is 13.5 Å². The number of aromatic hydroxyl groups is 1. The predicted octanol–water partition coefficient (Wildman–Crippen LogP) is 0.661. The molecule has 0 saturated carbocycles. The number of nitrogens with zero attached hydrogens (tertiary/aromatic N) is 2. The van der Waals surface area contributed by atoms with Crippen LogP contribution in [0.15, 0.2) is 47.8 Å². The second-order valence-corrected chi connectivity index (χ2v) is 5.23. The number of sulfonamides is 1. The Kier molecular flexibility index (Phi) is 3.54. The SMILES string of the molecule is O=S(=O)(NCc1ccncn1)c1ccccc1O. The van der Waals surface area contributed by atoms with Crippen molar-refractivity contribution in [1.82, 2.24) is 14.7 Å². The van der Waals surface area contributed by atoms with Crippen molar-refractivity contribution in [2.45, 2.75) is 11.4 Å². The first-order valence-corrected chi connectivity index (χ1v) is 6.60. The summed E-state index contributed by atoms with van der Waals surface area (Å²) in [6.45, 7) is 0.0409. The summed E-state index contributed by atoms with van der Waals surface area (Å²) in [6.07, 6.45) is 2.86. The molecule has 0 unspecified atom stereocenters. The van der Waals surface area contributed by atoms with E-state index >= 15 is 0 Å². The summed E-state index contributed by atoms with van der Waals surface area (Å²) in [6, 6.07) is 7.35. The van der Waals surface area contributed by atoms with Crippen LogP contribution in [-0.2, 0) is 16.6 Å². The van der Waals surface area contributed by atoms with Gasteiger partial charge in [-0.25, -0.2) is 23.1 Å². The molecule has 0 aliphatic carbocycles. The van der Waals surface area contributed by atoms with Crippen molar-refractivity contribution in [3.63, 3.8) is 0 Å². The van der Waals surface area contributed by atoms with Gasteiger partial charge < -0.3 is 5.11 Å². The van der Waals surface area contributed by atoms with Crippen molar-refractivity contribution in [3.8, 4) is 5.75 Å². The van der Waals surface area contributed by atoms with E-state index in [1.165, 1.54) is 24.7 Å². The van der Waals surface area contributed by atoms with Gasteiger partial charge in [0.15, 0.2) is 0 Å². The lowest BCUT2D eigenvalue weighted by Crippen LogP contribution is -2.23. The zero-order valence-corrected chi connectivity index (χ0v) is 10.1. The van der Waals surface area contributed by atoms with Crippen molar-refractivity contribution in [3.05, 3.63) is 48.5 Å². The third-order valence-corrected chi connectivity index (χ3v) is 3.69. The second kappa shape index (κ2) is 5.11. The maximum absolute atomic E-state index is 11.9. The average molecular weight is 265 g/mol. The number of nitrogens with one attached hydrogen (secondary N) is 1. The molecule has 0 bridgehead atoms. The smallest absolute Gasteiger partial charge is 0.244 e. The highest BCUT2D eigenvalue weighted by atomic mass is 32.2. The summed E-state index contributed by atoms with van der Waals surface area (Å²) >= 11 is 0. The lowest BCUT2D eigenvalue weighted by Gasteiger charge is -2.07. The summed E-state index contributed by atoms with van der Waals surface area (Å²) in [5.74, 6) is -0.285. The molecule has 2 N–H and O–H groups in total. The third kappa shape index (κ3) is 2.82. The minimum atomic E-state index is -3.75. The van der Waals surface area contributed by atoms with Gasteiger partial charge in [-0.05, 0) is 18.2 Å². The van der Waals surface area contributed by atoms with E-state index in [1.807, 2.05) is 0 Å². The fourth-order valence-electron chi connectivity index (χ4n) is 1.35. The Morgan fingerprint density at radius 3 is 2.67 bits per heavy atom. The maximum atomic E-state index is 11.9. The van der Waals surface area contributed by atoms with Gasteiger partial charge >= 0.3 is 0 Å². The Morgan fingerprint density at radius 1 is 1.22 bits per heavy atom. The number of aromatic nitrogens is 2. The summed E-state index contributed by atoms with van der Waals surface area (Å²) in [7, 11) is -3.75. The lowest BCUT2D eigenvalue weighted by molar-refractivity contribution is 0.458. The highest BCUT2D eigenvalue weighted by molar-refractivity contribution is 7.89. The van der Waals surface area contributed by atoms with Crippen LogP contribution in [0.25, 0.3) is 0 Å². The maximum Gasteiger partial charge on any atom is 0.244 e. The van der Waals surface area contributed by atoms with Crippen molar-refractivity contribution in [2.75, 3.05) is 0 Å². The molecule has 0 atom stereocenters. The molecule has 0 spiro atoms. The third-order valence-electron chi connectivity index (χ3n) is 2.24. The standard InChI is InChI=1S/C11H11N3O3S/c15-10-3-1-2-4-11(10)18(16,17)14-7-9-5-6-12-8-13-9/h1-6,8,14-15H,7H2. The van der Waals surface area contributed by atoms with Crippen LogP contribution in [0.3, 0.4) is 0 Å². The van der Waals surface area contributed by atoms with Crippen LogP contribution < -0.4 is 4.72 Å². The van der Waals surface area contributed by atoms with E-state index in [4.69, 9.17) is 0 Å². The molecule has 1 heterocycles. The van der Waals surface area contributed by atoms with Gasteiger partial charge in [0.2, 0.25) is 10.0 Å². The summed E-state index contributed by atoms with van der Waals surface area (Å²) in [5.41, 5.74) is 0.545. The molecule has 0 fully saturated rings. The van der Waals surface area contributed by atoms with Crippen molar-refractivity contribution in [2.24, 2.45) is 0 Å². The van der Waals surface area contributed by atoms with Crippen molar-refractivity contribution >= 4 is 10.0 Å². The van der Waals surface area contributed by atoms with Crippen molar-refractivity contribution < 1.29 is 13.5 Å². The van der Waals surface area contributed by atoms with Crippen LogP contribution in [-0.4, -0.2) is 23.5 Å². The van der Waals surface area contributed by atoms with E-state index in [0.29, 0.717) is 5.69 Å². The highest BCUT2D eigenvalue weighted by Gasteiger charge is 2.17. The number of hydrogen-bond donors (Lipinski definition) is 2. The molecule has 0 aliphatic heterocycles. The van der Waals surface area contributed by atoms with E-state index in [1.54, 1.807) is 18.2 Å². The Bertz CT molecular complexity index is 629. The van der Waals surface area contributed by atoms with E-state index in [-0.39, 0.29) is 17.2 Å². The number of para-hydroxylation sites is 1. The zero-order chi connectivity index (χ0) is 13.0. The number of benzene rings is 1. The fraction of sp³-hybridized carbons (Fsp3) is 0.0909. The normalized spacial score (nSPS) is 11.3. The molecule has 18 heavy (non-hydrogen) atoms. The van der Waals surface area contributed by atoms with E-state index < -0.39 is 10.0 Å². The molecule has 0 saturated heterocycles. The first kappa shape index (κ1) is 12.5. The van der Waals surface area contributed by atoms with E-state index in [2.05, 4.69) is 14.7 Å². The lowest BCUT2D eigenvalue weighted by atomic mass is 10.3. The molecule has 2 aromatic rings. The van der Waals surface area contributed by atoms with Gasteiger partial charge in [-0.1, -0.05) is 12.1 Å². The van der Waals surface area contributed by atoms with Gasteiger partial charge in [0, 0.05) is 6.20 Å². The Labute approximate surface area is 104 Å². The van der Waals surface area contributed by atoms with Crippen LogP contribution in [0.1, 0.15) is 5.69 Å². The van der Waals surface area contributed by atoms with Gasteiger partial charge in [-0.3, -0.25) is 0 Å². The second-order valence-electron chi connectivity index (χ2n) is 3.49. The highest BCUT2D eigenvalue weighted by Crippen LogP contribution is 2.21. The molecule has 0 amide bonds. The molecule has 6 nitrogen and oxygen atoms in total. The molecule has 0 radical (unpaired) electrons. The van der Waals surface area contributed by atoms with E-state index in [0.717, 1.165) is 0 Å². The van der Waals surface area contributed by atoms with Crippen molar-refractivity contribution in [1.29, 1.82) is 0 Å². The van der Waals surface area contributed by atoms with Crippen LogP contribution in [0.2, 0.25) is 0 Å². The zero-order valence-electron chi connectivity index (χ0n) is 9.31. The van der Waals surface area contributed by atoms with Gasteiger partial charge in [-0.15, -0.1) is 0 Å². The quantitative estimate of drug-likeness (QED) is 0.847. The van der Waals surface area contributed by atoms with Crippen LogP contribution >= 0.6 is 0 Å². The van der Waals surface area contributed by atoms with Gasteiger partial charge in [-0.2, -0.15) is 0 Å². The number of phenolic OH excluding ortho intramolecular Hbond substituents is 1. The Morgan fingerprint density at radius 2 is 2.00 bits per heavy atom. The minimum absolute atomic E-state index is 0.0409. The van der Waals surface area contributed by atoms with Gasteiger partial charge in [0.25, 0.3) is 0 Å². The first-order chi connectivity index (χ1) is 8.59. The fourth-order valence-corrected chi connectivity index (χ4v) is 2.45. The minimum Gasteiger partial charge on any atom is -0.507 e. The largest absolute Gasteiger partial charge is 0.507 e. The molecular formula is C11H11N3O3S. The number of phenols is 1. The summed E-state index contributed by atoms with van der Waals surface area (Å²) in [5, 5.41) is 9.50. The first-order valence-electron chi connectivity index (χ1n) is 5.12. The predicted molar refractivity (Wildman–Crippen MR) is 64.2 cm³/mol. The van der Waals surface area contributed by atoms with Crippen LogP contribution in [0, 0.1) is 0 Å². The summed E-state index contributed by atoms with van der Waals surface area (Å²) in [4.78, 5) is 7.48. The van der Waals surface area contributed by atoms with Gasteiger partial charge in [0.05, 0.1) is 12.2 Å². The summed E-state index contributed by atoms with van der Waals surface area (Å²) < 4.78 is 26.2. The Balaban J connectivity index is 2.16. The molecule has 94 valence electrons. The number of rotatable bonds is 4. The molecule has 2 rings (SSSR count). The average Bonchev–Trinajstić information content (AvgIpc) is 2.38. The molecular weight excluding hydrogens is 254 g/mol. The molecule has 7 heteroatoms. The molecule has 1 aromatic heterocycles. The monoisotopic (exact) mass is 265 g/mol. The van der Waals surface area contributed by atoms with Crippen LogP contribution in [0.5, 0.6) is 5.75 Å². The molecule has 1 aromatic carbocycles. The van der Waals surface area contributed by atoms with Crippen LogP contribution in [0.4, 0.5) is 0 Å².